The lowest BCUT2D eigenvalue weighted by Crippen LogP contribution is -2.44. The molecule has 162 valence electrons. The predicted octanol–water partition coefficient (Wildman–Crippen LogP) is 3.90. The van der Waals surface area contributed by atoms with Gasteiger partial charge in [-0.1, -0.05) is 30.3 Å². The first-order valence-corrected chi connectivity index (χ1v) is 10.4. The Labute approximate surface area is 191 Å². The van der Waals surface area contributed by atoms with E-state index in [9.17, 15) is 4.79 Å². The highest BCUT2D eigenvalue weighted by molar-refractivity contribution is 14.0. The molecule has 1 aliphatic carbocycles. The van der Waals surface area contributed by atoms with Gasteiger partial charge in [-0.3, -0.25) is 4.99 Å². The van der Waals surface area contributed by atoms with Crippen molar-refractivity contribution in [2.75, 3.05) is 26.2 Å². The number of guanidine groups is 1. The van der Waals surface area contributed by atoms with Crippen LogP contribution in [0.2, 0.25) is 0 Å². The number of halogens is 1. The summed E-state index contributed by atoms with van der Waals surface area (Å²) in [5.74, 6) is 0.943. The summed E-state index contributed by atoms with van der Waals surface area (Å²) >= 11 is 0. The fraction of sp³-hybridized carbons (Fsp3) is 0.636. The third kappa shape index (κ3) is 6.76. The zero-order valence-electron chi connectivity index (χ0n) is 18.0. The first-order valence-electron chi connectivity index (χ1n) is 10.4. The average molecular weight is 514 g/mol. The summed E-state index contributed by atoms with van der Waals surface area (Å²) < 4.78 is 5.38. The number of hydrogen-bond donors (Lipinski definition) is 2. The zero-order chi connectivity index (χ0) is 20.2. The van der Waals surface area contributed by atoms with Gasteiger partial charge in [0.05, 0.1) is 12.6 Å². The highest BCUT2D eigenvalue weighted by Gasteiger charge is 2.44. The number of nitrogens with one attached hydrogen (secondary N) is 2. The van der Waals surface area contributed by atoms with Crippen molar-refractivity contribution >= 4 is 36.0 Å². The molecular weight excluding hydrogens is 479 g/mol. The van der Waals surface area contributed by atoms with Crippen LogP contribution in [0.3, 0.4) is 0 Å². The second-order valence-corrected chi connectivity index (χ2v) is 8.89. The van der Waals surface area contributed by atoms with Crippen molar-refractivity contribution in [2.45, 2.75) is 64.0 Å². The van der Waals surface area contributed by atoms with Crippen molar-refractivity contribution in [1.82, 2.24) is 15.5 Å². The van der Waals surface area contributed by atoms with E-state index in [4.69, 9.17) is 9.73 Å². The van der Waals surface area contributed by atoms with Crippen LogP contribution in [0.1, 0.15) is 52.5 Å². The number of aliphatic imine (C=N–C) groups is 1. The molecule has 1 aromatic carbocycles. The summed E-state index contributed by atoms with van der Waals surface area (Å²) in [4.78, 5) is 19.3. The van der Waals surface area contributed by atoms with E-state index in [1.165, 1.54) is 18.4 Å². The summed E-state index contributed by atoms with van der Waals surface area (Å²) in [5, 5.41) is 6.41. The minimum atomic E-state index is -0.477. The summed E-state index contributed by atoms with van der Waals surface area (Å²) in [7, 11) is 0. The molecule has 2 N–H and O–H groups in total. The zero-order valence-corrected chi connectivity index (χ0v) is 20.4. The Morgan fingerprint density at radius 2 is 1.97 bits per heavy atom. The fourth-order valence-electron chi connectivity index (χ4n) is 3.68. The second kappa shape index (κ2) is 10.00. The standard InChI is InChI=1S/C22H34N4O2.HI/c1-5-23-19(24-16-22(12-13-22)17-9-7-6-8-10-17)26-14-11-18(15-26)25-20(27)28-21(2,3)4;/h6-10,18H,5,11-16H2,1-4H3,(H,23,24)(H,25,27);1H. The van der Waals surface area contributed by atoms with Crippen LogP contribution in [-0.2, 0) is 10.2 Å². The summed E-state index contributed by atoms with van der Waals surface area (Å²) in [6.07, 6.45) is 2.95. The number of hydrogen-bond acceptors (Lipinski definition) is 3. The molecule has 6 nitrogen and oxygen atoms in total. The fourth-order valence-corrected chi connectivity index (χ4v) is 3.68. The molecule has 2 aliphatic rings. The lowest BCUT2D eigenvalue weighted by molar-refractivity contribution is 0.0507. The Balaban J connectivity index is 0.00000300. The van der Waals surface area contributed by atoms with Gasteiger partial charge in [0.15, 0.2) is 5.96 Å². The van der Waals surface area contributed by atoms with Crippen LogP contribution in [0.5, 0.6) is 0 Å². The van der Waals surface area contributed by atoms with Gasteiger partial charge < -0.3 is 20.3 Å². The molecule has 1 atom stereocenters. The lowest BCUT2D eigenvalue weighted by Gasteiger charge is -2.24. The van der Waals surface area contributed by atoms with Gasteiger partial charge in [-0.2, -0.15) is 0 Å². The molecule has 1 saturated carbocycles. The first-order chi connectivity index (χ1) is 13.3. The molecule has 3 rings (SSSR count). The van der Waals surface area contributed by atoms with Gasteiger partial charge in [-0.05, 0) is 52.5 Å². The van der Waals surface area contributed by atoms with Crippen LogP contribution in [0.15, 0.2) is 35.3 Å². The molecular formula is C22H35IN4O2. The number of rotatable bonds is 5. The van der Waals surface area contributed by atoms with E-state index in [-0.39, 0.29) is 41.5 Å². The molecule has 1 unspecified atom stereocenters. The number of carbonyl (C=O) groups is 1. The molecule has 0 bridgehead atoms. The molecule has 7 heteroatoms. The molecule has 1 aliphatic heterocycles. The molecule has 0 aromatic heterocycles. The van der Waals surface area contributed by atoms with Crippen molar-refractivity contribution in [1.29, 1.82) is 0 Å². The Hall–Kier alpha value is -1.51. The third-order valence-corrected chi connectivity index (χ3v) is 5.31. The van der Waals surface area contributed by atoms with Gasteiger partial charge in [0.1, 0.15) is 5.60 Å². The van der Waals surface area contributed by atoms with Crippen LogP contribution in [0.25, 0.3) is 0 Å². The molecule has 1 saturated heterocycles. The van der Waals surface area contributed by atoms with Crippen molar-refractivity contribution in [3.63, 3.8) is 0 Å². The topological polar surface area (TPSA) is 66.0 Å². The number of amides is 1. The normalized spacial score (nSPS) is 20.6. The lowest BCUT2D eigenvalue weighted by atomic mass is 9.96. The van der Waals surface area contributed by atoms with Gasteiger partial charge in [0, 0.05) is 25.0 Å². The molecule has 1 aromatic rings. The van der Waals surface area contributed by atoms with Crippen molar-refractivity contribution in [3.05, 3.63) is 35.9 Å². The largest absolute Gasteiger partial charge is 0.444 e. The van der Waals surface area contributed by atoms with Crippen molar-refractivity contribution < 1.29 is 9.53 Å². The Morgan fingerprint density at radius 1 is 1.28 bits per heavy atom. The van der Waals surface area contributed by atoms with Gasteiger partial charge in [0.25, 0.3) is 0 Å². The number of benzene rings is 1. The third-order valence-electron chi connectivity index (χ3n) is 5.31. The Bertz CT molecular complexity index is 699. The van der Waals surface area contributed by atoms with Gasteiger partial charge in [-0.25, -0.2) is 4.79 Å². The van der Waals surface area contributed by atoms with Crippen LogP contribution >= 0.6 is 24.0 Å². The number of likely N-dealkylation sites (tertiary alicyclic amines) is 1. The maximum Gasteiger partial charge on any atom is 0.407 e. The van der Waals surface area contributed by atoms with Crippen molar-refractivity contribution in [3.8, 4) is 0 Å². The second-order valence-electron chi connectivity index (χ2n) is 8.89. The van der Waals surface area contributed by atoms with E-state index in [2.05, 4.69) is 52.8 Å². The number of ether oxygens (including phenoxy) is 1. The maximum absolute atomic E-state index is 12.0. The summed E-state index contributed by atoms with van der Waals surface area (Å²) in [6, 6.07) is 10.8. The quantitative estimate of drug-likeness (QED) is 0.356. The highest BCUT2D eigenvalue weighted by atomic mass is 127. The van der Waals surface area contributed by atoms with Gasteiger partial charge in [-0.15, -0.1) is 24.0 Å². The summed E-state index contributed by atoms with van der Waals surface area (Å²) in [5.41, 5.74) is 1.12. The smallest absolute Gasteiger partial charge is 0.407 e. The first kappa shape index (κ1) is 23.8. The van der Waals surface area contributed by atoms with Gasteiger partial charge in [0.2, 0.25) is 0 Å². The van der Waals surface area contributed by atoms with E-state index in [0.717, 1.165) is 38.6 Å². The van der Waals surface area contributed by atoms with E-state index < -0.39 is 5.60 Å². The molecule has 0 spiro atoms. The van der Waals surface area contributed by atoms with Crippen molar-refractivity contribution in [2.24, 2.45) is 4.99 Å². The van der Waals surface area contributed by atoms with E-state index in [1.807, 2.05) is 20.8 Å². The molecule has 0 radical (unpaired) electrons. The summed E-state index contributed by atoms with van der Waals surface area (Å²) in [6.45, 7) is 11.0. The maximum atomic E-state index is 12.0. The van der Waals surface area contributed by atoms with Crippen LogP contribution in [0.4, 0.5) is 4.79 Å². The SMILES string of the molecule is CCNC(=NCC1(c2ccccc2)CC1)N1CCC(NC(=O)OC(C)(C)C)C1.I. The van der Waals surface area contributed by atoms with E-state index >= 15 is 0 Å². The van der Waals surface area contributed by atoms with Crippen LogP contribution < -0.4 is 10.6 Å². The molecule has 2 fully saturated rings. The minimum Gasteiger partial charge on any atom is -0.444 e. The van der Waals surface area contributed by atoms with E-state index in [1.54, 1.807) is 0 Å². The average Bonchev–Trinajstić information content (AvgIpc) is 3.29. The van der Waals surface area contributed by atoms with Crippen LogP contribution in [0, 0.1) is 0 Å². The van der Waals surface area contributed by atoms with Crippen LogP contribution in [-0.4, -0.2) is 54.8 Å². The minimum absolute atomic E-state index is 0. The number of nitrogens with zero attached hydrogens (tertiary/aromatic N) is 2. The monoisotopic (exact) mass is 514 g/mol. The predicted molar refractivity (Wildman–Crippen MR) is 128 cm³/mol. The molecule has 1 heterocycles. The number of carbonyl (C=O) groups excluding carboxylic acids is 1. The molecule has 1 amide bonds. The van der Waals surface area contributed by atoms with Gasteiger partial charge >= 0.3 is 6.09 Å². The Kier molecular flexibility index (Phi) is 8.19. The number of alkyl carbamates (subject to hydrolysis) is 1. The van der Waals surface area contributed by atoms with E-state index in [0.29, 0.717) is 0 Å². The highest BCUT2D eigenvalue weighted by Crippen LogP contribution is 2.48. The molecule has 29 heavy (non-hydrogen) atoms. The Morgan fingerprint density at radius 3 is 2.55 bits per heavy atom.